The second kappa shape index (κ2) is 6.77. The largest absolute Gasteiger partial charge is 0.422 e. The normalized spacial score (nSPS) is 21.6. The molecule has 4 aromatic rings. The number of anilines is 2. The van der Waals surface area contributed by atoms with Gasteiger partial charge in [-0.15, -0.1) is 0 Å². The molecule has 2 fully saturated rings. The summed E-state index contributed by atoms with van der Waals surface area (Å²) >= 11 is 0. The molecule has 2 atom stereocenters. The van der Waals surface area contributed by atoms with Gasteiger partial charge in [0.25, 0.3) is 0 Å². The Balaban J connectivity index is 1.53. The summed E-state index contributed by atoms with van der Waals surface area (Å²) in [4.78, 5) is 18.7. The number of fused-ring (bicyclic) bond motifs is 4. The minimum absolute atomic E-state index is 0.118. The number of nitriles is 1. The molecule has 6 rings (SSSR count). The minimum atomic E-state index is -0.347. The van der Waals surface area contributed by atoms with Crippen molar-refractivity contribution in [3.8, 4) is 17.8 Å². The Labute approximate surface area is 182 Å². The molecule has 0 spiro atoms. The lowest BCUT2D eigenvalue weighted by Crippen LogP contribution is -2.29. The number of benzene rings is 1. The Morgan fingerprint density at radius 3 is 2.81 bits per heavy atom. The van der Waals surface area contributed by atoms with Crippen LogP contribution in [0.4, 0.5) is 15.9 Å². The average molecular weight is 430 g/mol. The molecule has 2 aliphatic rings. The maximum atomic E-state index is 14.4. The van der Waals surface area contributed by atoms with E-state index in [-0.39, 0.29) is 17.9 Å². The van der Waals surface area contributed by atoms with Crippen molar-refractivity contribution < 1.29 is 9.13 Å². The minimum Gasteiger partial charge on any atom is -0.422 e. The fourth-order valence-electron chi connectivity index (χ4n) is 4.68. The van der Waals surface area contributed by atoms with E-state index in [1.165, 1.54) is 24.5 Å². The number of H-pyrrole nitrogens is 1. The summed E-state index contributed by atoms with van der Waals surface area (Å²) < 4.78 is 20.2. The maximum Gasteiger partial charge on any atom is 0.326 e. The van der Waals surface area contributed by atoms with Gasteiger partial charge in [-0.25, -0.2) is 4.39 Å². The van der Waals surface area contributed by atoms with Crippen LogP contribution in [0.25, 0.3) is 21.9 Å². The van der Waals surface area contributed by atoms with Gasteiger partial charge in [-0.05, 0) is 24.0 Å². The quantitative estimate of drug-likeness (QED) is 0.451. The second-order valence-electron chi connectivity index (χ2n) is 8.24. The van der Waals surface area contributed by atoms with Gasteiger partial charge in [0.05, 0.1) is 28.4 Å². The van der Waals surface area contributed by atoms with E-state index in [2.05, 4.69) is 25.2 Å². The molecule has 4 N–H and O–H groups in total. The highest BCUT2D eigenvalue weighted by Gasteiger charge is 2.54. The van der Waals surface area contributed by atoms with Crippen LogP contribution < -0.4 is 20.7 Å². The van der Waals surface area contributed by atoms with Crippen LogP contribution in [0.1, 0.15) is 5.56 Å². The van der Waals surface area contributed by atoms with Gasteiger partial charge in [0, 0.05) is 43.8 Å². The summed E-state index contributed by atoms with van der Waals surface area (Å²) in [6.45, 7) is 1.56. The van der Waals surface area contributed by atoms with Crippen LogP contribution in [0.2, 0.25) is 0 Å². The van der Waals surface area contributed by atoms with Crippen molar-refractivity contribution in [3.63, 3.8) is 0 Å². The molecule has 9 nitrogen and oxygen atoms in total. The van der Waals surface area contributed by atoms with Gasteiger partial charge in [-0.3, -0.25) is 4.98 Å². The van der Waals surface area contributed by atoms with Crippen LogP contribution in [0.15, 0.2) is 30.6 Å². The van der Waals surface area contributed by atoms with E-state index in [1.54, 1.807) is 13.1 Å². The van der Waals surface area contributed by atoms with Gasteiger partial charge in [-0.1, -0.05) is 0 Å². The second-order valence-corrected chi connectivity index (χ2v) is 8.24. The molecule has 0 amide bonds. The molecule has 1 saturated heterocycles. The summed E-state index contributed by atoms with van der Waals surface area (Å²) in [5, 5.41) is 13.6. The van der Waals surface area contributed by atoms with Crippen LogP contribution in [0.5, 0.6) is 11.8 Å². The molecule has 2 unspecified atom stereocenters. The molecule has 0 bridgehead atoms. The first-order valence-electron chi connectivity index (χ1n) is 10.3. The first kappa shape index (κ1) is 18.8. The summed E-state index contributed by atoms with van der Waals surface area (Å²) in [6.07, 6.45) is 2.95. The van der Waals surface area contributed by atoms with Crippen LogP contribution in [-0.4, -0.2) is 46.1 Å². The number of rotatable bonds is 4. The Morgan fingerprint density at radius 2 is 2.06 bits per heavy atom. The standard InChI is InChI=1S/C22H19FN8O/c1-26-16-4-11(23)3-13-17-20(28-19(13)16)29-22(32-12-2-10(5-24)6-27-7-12)30-21(17)31-8-14-15(9-31)18(14)25/h2-4,6-7,14-15,18,26H,8-9,25H2,1H3,(H,28,29,30). The third-order valence-corrected chi connectivity index (χ3v) is 6.37. The van der Waals surface area contributed by atoms with E-state index in [0.717, 1.165) is 24.0 Å². The van der Waals surface area contributed by atoms with E-state index in [0.29, 0.717) is 45.7 Å². The van der Waals surface area contributed by atoms with Crippen molar-refractivity contribution in [1.82, 2.24) is 19.9 Å². The van der Waals surface area contributed by atoms with Gasteiger partial charge < -0.3 is 25.7 Å². The highest BCUT2D eigenvalue weighted by atomic mass is 19.1. The SMILES string of the molecule is CNc1cc(F)cc2c1[nH]c1nc(Oc3cncc(C#N)c3)nc(N3CC4C(N)C4C3)c12. The van der Waals surface area contributed by atoms with Crippen LogP contribution in [0, 0.1) is 29.0 Å². The molecule has 10 heteroatoms. The van der Waals surface area contributed by atoms with Crippen molar-refractivity contribution in [1.29, 1.82) is 5.26 Å². The molecule has 160 valence electrons. The molecule has 1 aliphatic heterocycles. The highest BCUT2D eigenvalue weighted by Crippen LogP contribution is 2.47. The fourth-order valence-corrected chi connectivity index (χ4v) is 4.68. The van der Waals surface area contributed by atoms with Gasteiger partial charge >= 0.3 is 6.01 Å². The van der Waals surface area contributed by atoms with Crippen LogP contribution in [0.3, 0.4) is 0 Å². The molecule has 4 heterocycles. The first-order valence-corrected chi connectivity index (χ1v) is 10.3. The zero-order valence-electron chi connectivity index (χ0n) is 17.1. The molecule has 0 radical (unpaired) electrons. The van der Waals surface area contributed by atoms with Crippen LogP contribution in [-0.2, 0) is 0 Å². The molecule has 3 aromatic heterocycles. The van der Waals surface area contributed by atoms with Crippen molar-refractivity contribution in [2.45, 2.75) is 6.04 Å². The molecular weight excluding hydrogens is 411 g/mol. The molecule has 1 aliphatic carbocycles. The first-order chi connectivity index (χ1) is 15.6. The molecule has 1 saturated carbocycles. The third-order valence-electron chi connectivity index (χ3n) is 6.37. The van der Waals surface area contributed by atoms with Crippen molar-refractivity contribution in [2.75, 3.05) is 30.4 Å². The van der Waals surface area contributed by atoms with Crippen molar-refractivity contribution >= 4 is 33.4 Å². The third kappa shape index (κ3) is 2.82. The smallest absolute Gasteiger partial charge is 0.326 e. The monoisotopic (exact) mass is 430 g/mol. The summed E-state index contributed by atoms with van der Waals surface area (Å²) in [7, 11) is 1.74. The number of piperidine rings is 1. The molecular formula is C22H19FN8O. The number of aromatic nitrogens is 4. The van der Waals surface area contributed by atoms with Gasteiger partial charge in [-0.2, -0.15) is 15.2 Å². The van der Waals surface area contributed by atoms with E-state index in [1.807, 2.05) is 6.07 Å². The Hall–Kier alpha value is -3.97. The maximum absolute atomic E-state index is 14.4. The lowest BCUT2D eigenvalue weighted by atomic mass is 10.1. The lowest BCUT2D eigenvalue weighted by molar-refractivity contribution is 0.441. The number of nitrogens with zero attached hydrogens (tertiary/aromatic N) is 5. The summed E-state index contributed by atoms with van der Waals surface area (Å²) in [5.74, 6) is 1.57. The number of aromatic amines is 1. The fraction of sp³-hybridized carbons (Fsp3) is 0.273. The zero-order valence-corrected chi connectivity index (χ0v) is 17.1. The number of hydrogen-bond acceptors (Lipinski definition) is 8. The van der Waals surface area contributed by atoms with E-state index < -0.39 is 0 Å². The van der Waals surface area contributed by atoms with E-state index in [4.69, 9.17) is 20.7 Å². The van der Waals surface area contributed by atoms with E-state index >= 15 is 0 Å². The summed E-state index contributed by atoms with van der Waals surface area (Å²) in [5.41, 5.74) is 8.41. The Bertz CT molecular complexity index is 1420. The number of pyridine rings is 1. The number of nitrogens with one attached hydrogen (secondary N) is 2. The summed E-state index contributed by atoms with van der Waals surface area (Å²) in [6, 6.07) is 6.89. The van der Waals surface area contributed by atoms with Crippen LogP contribution >= 0.6 is 0 Å². The highest BCUT2D eigenvalue weighted by molar-refractivity contribution is 6.14. The lowest BCUT2D eigenvalue weighted by Gasteiger charge is -2.21. The predicted molar refractivity (Wildman–Crippen MR) is 117 cm³/mol. The Kier molecular flexibility index (Phi) is 3.97. The topological polar surface area (TPSA) is 129 Å². The number of nitrogens with two attached hydrogens (primary N) is 1. The molecule has 32 heavy (non-hydrogen) atoms. The Morgan fingerprint density at radius 1 is 1.25 bits per heavy atom. The zero-order chi connectivity index (χ0) is 22.0. The number of hydrogen-bond donors (Lipinski definition) is 3. The number of halogens is 1. The van der Waals surface area contributed by atoms with Gasteiger partial charge in [0.15, 0.2) is 5.75 Å². The predicted octanol–water partition coefficient (Wildman–Crippen LogP) is 2.74. The van der Waals surface area contributed by atoms with Crippen molar-refractivity contribution in [2.24, 2.45) is 17.6 Å². The van der Waals surface area contributed by atoms with Crippen molar-refractivity contribution in [3.05, 3.63) is 42.0 Å². The van der Waals surface area contributed by atoms with E-state index in [9.17, 15) is 4.39 Å². The van der Waals surface area contributed by atoms with Gasteiger partial charge in [0.2, 0.25) is 0 Å². The molecule has 1 aromatic carbocycles. The number of ether oxygens (including phenoxy) is 1. The van der Waals surface area contributed by atoms with Gasteiger partial charge in [0.1, 0.15) is 23.4 Å². The average Bonchev–Trinajstić information content (AvgIpc) is 3.13.